The summed E-state index contributed by atoms with van der Waals surface area (Å²) in [7, 11) is 0. The second kappa shape index (κ2) is 4.97. The zero-order valence-corrected chi connectivity index (χ0v) is 12.1. The third-order valence-corrected chi connectivity index (χ3v) is 3.87. The number of nitrogens with one attached hydrogen (secondary N) is 1. The summed E-state index contributed by atoms with van der Waals surface area (Å²) >= 11 is 1.47. The molecule has 1 aliphatic heterocycles. The van der Waals surface area contributed by atoms with E-state index in [1.165, 1.54) is 16.7 Å². The highest BCUT2D eigenvalue weighted by Crippen LogP contribution is 2.39. The molecule has 2 amide bonds. The van der Waals surface area contributed by atoms with Crippen LogP contribution in [0, 0.1) is 0 Å². The number of hydrogen-bond donors (Lipinski definition) is 2. The number of ether oxygens (including phenoxy) is 1. The zero-order valence-electron chi connectivity index (χ0n) is 11.3. The van der Waals surface area contributed by atoms with Crippen molar-refractivity contribution in [1.29, 1.82) is 0 Å². The first-order chi connectivity index (χ1) is 8.08. The highest BCUT2D eigenvalue weighted by molar-refractivity contribution is 8.00. The fourth-order valence-corrected chi connectivity index (χ4v) is 2.93. The van der Waals surface area contributed by atoms with Crippen LogP contribution in [0.5, 0.6) is 0 Å². The van der Waals surface area contributed by atoms with Gasteiger partial charge in [-0.15, -0.1) is 11.8 Å². The van der Waals surface area contributed by atoms with Crippen molar-refractivity contribution in [3.8, 4) is 0 Å². The van der Waals surface area contributed by atoms with Gasteiger partial charge in [0.25, 0.3) is 5.91 Å². The molecule has 104 valence electrons. The van der Waals surface area contributed by atoms with E-state index in [1.807, 2.05) is 13.8 Å². The number of rotatable bonds is 1. The van der Waals surface area contributed by atoms with E-state index < -0.39 is 28.5 Å². The number of thioether (sulfide) groups is 1. The van der Waals surface area contributed by atoms with Crippen LogP contribution in [0.25, 0.3) is 0 Å². The second-order valence-electron chi connectivity index (χ2n) is 5.60. The van der Waals surface area contributed by atoms with Crippen LogP contribution in [0.1, 0.15) is 34.6 Å². The Labute approximate surface area is 111 Å². The Balaban J connectivity index is 2.92. The van der Waals surface area contributed by atoms with Crippen LogP contribution in [0.4, 0.5) is 4.79 Å². The molecule has 1 saturated heterocycles. The lowest BCUT2D eigenvalue weighted by molar-refractivity contribution is -0.134. The Kier molecular flexibility index (Phi) is 4.17. The standard InChI is InChI=1S/C11H20N2O4S/c1-10(2,3)17-9(15)13-7(8(14)12-16)6-18-11(13,4)5/h7,16H,6H2,1-5H3,(H,12,14). The minimum absolute atomic E-state index is 0.429. The number of carbonyl (C=O) groups excluding carboxylic acids is 2. The maximum absolute atomic E-state index is 12.1. The lowest BCUT2D eigenvalue weighted by Crippen LogP contribution is -2.53. The summed E-state index contributed by atoms with van der Waals surface area (Å²) < 4.78 is 5.29. The van der Waals surface area contributed by atoms with Crippen LogP contribution in [-0.2, 0) is 9.53 Å². The average Bonchev–Trinajstić information content (AvgIpc) is 2.50. The Bertz CT molecular complexity index is 351. The number of hydroxylamine groups is 1. The molecular weight excluding hydrogens is 256 g/mol. The molecule has 0 aromatic carbocycles. The van der Waals surface area contributed by atoms with Crippen LogP contribution in [0.3, 0.4) is 0 Å². The molecule has 1 aliphatic rings. The van der Waals surface area contributed by atoms with Crippen molar-refractivity contribution in [1.82, 2.24) is 10.4 Å². The quantitative estimate of drug-likeness (QED) is 0.561. The van der Waals surface area contributed by atoms with Crippen LogP contribution in [0.15, 0.2) is 0 Å². The third kappa shape index (κ3) is 3.29. The van der Waals surface area contributed by atoms with Crippen LogP contribution in [0.2, 0.25) is 0 Å². The average molecular weight is 276 g/mol. The summed E-state index contributed by atoms with van der Waals surface area (Å²) in [6, 6.07) is -0.718. The molecule has 0 aromatic rings. The van der Waals surface area contributed by atoms with E-state index in [2.05, 4.69) is 0 Å². The summed E-state index contributed by atoms with van der Waals surface area (Å²) in [4.78, 5) is 24.5. The largest absolute Gasteiger partial charge is 0.444 e. The zero-order chi connectivity index (χ0) is 14.1. The number of hydrogen-bond acceptors (Lipinski definition) is 5. The highest BCUT2D eigenvalue weighted by atomic mass is 32.2. The SMILES string of the molecule is CC(C)(C)OC(=O)N1C(C(=O)NO)CSC1(C)C. The summed E-state index contributed by atoms with van der Waals surface area (Å²) in [5, 5.41) is 8.71. The normalized spacial score (nSPS) is 22.8. The minimum Gasteiger partial charge on any atom is -0.444 e. The Morgan fingerprint density at radius 1 is 1.44 bits per heavy atom. The van der Waals surface area contributed by atoms with Gasteiger partial charge in [-0.3, -0.25) is 14.9 Å². The van der Waals surface area contributed by atoms with Gasteiger partial charge >= 0.3 is 6.09 Å². The maximum atomic E-state index is 12.1. The molecule has 0 saturated carbocycles. The van der Waals surface area contributed by atoms with E-state index in [9.17, 15) is 9.59 Å². The van der Waals surface area contributed by atoms with Crippen LogP contribution in [-0.4, -0.2) is 44.4 Å². The molecule has 6 nitrogen and oxygen atoms in total. The molecule has 1 heterocycles. The molecule has 0 bridgehead atoms. The van der Waals surface area contributed by atoms with E-state index in [1.54, 1.807) is 26.3 Å². The van der Waals surface area contributed by atoms with Crippen molar-refractivity contribution < 1.29 is 19.5 Å². The van der Waals surface area contributed by atoms with Crippen molar-refractivity contribution in [2.45, 2.75) is 51.1 Å². The minimum atomic E-state index is -0.718. The van der Waals surface area contributed by atoms with Gasteiger partial charge in [-0.1, -0.05) is 0 Å². The van der Waals surface area contributed by atoms with Gasteiger partial charge < -0.3 is 4.74 Å². The summed E-state index contributed by atoms with van der Waals surface area (Å²) in [5.74, 6) is -0.169. The number of amides is 2. The first kappa shape index (κ1) is 15.1. The molecule has 1 unspecified atom stereocenters. The molecule has 1 atom stereocenters. The Morgan fingerprint density at radius 3 is 2.44 bits per heavy atom. The Hall–Kier alpha value is -0.950. The van der Waals surface area contributed by atoms with Gasteiger partial charge in [0.15, 0.2) is 0 Å². The molecular formula is C11H20N2O4S. The molecule has 0 aromatic heterocycles. The number of carbonyl (C=O) groups is 2. The van der Waals surface area contributed by atoms with Gasteiger partial charge in [-0.05, 0) is 34.6 Å². The van der Waals surface area contributed by atoms with E-state index in [-0.39, 0.29) is 0 Å². The van der Waals surface area contributed by atoms with E-state index in [0.29, 0.717) is 5.75 Å². The topological polar surface area (TPSA) is 78.9 Å². The van der Waals surface area contributed by atoms with Gasteiger partial charge in [-0.25, -0.2) is 10.3 Å². The highest BCUT2D eigenvalue weighted by Gasteiger charge is 2.48. The van der Waals surface area contributed by atoms with Crippen molar-refractivity contribution in [2.24, 2.45) is 0 Å². The van der Waals surface area contributed by atoms with Crippen LogP contribution >= 0.6 is 11.8 Å². The molecule has 0 spiro atoms. The van der Waals surface area contributed by atoms with Crippen molar-refractivity contribution in [2.75, 3.05) is 5.75 Å². The Morgan fingerprint density at radius 2 is 2.00 bits per heavy atom. The van der Waals surface area contributed by atoms with Gasteiger partial charge in [0.05, 0.1) is 4.87 Å². The predicted octanol–water partition coefficient (Wildman–Crippen LogP) is 1.58. The molecule has 2 N–H and O–H groups in total. The van der Waals surface area contributed by atoms with E-state index in [0.717, 1.165) is 0 Å². The maximum Gasteiger partial charge on any atom is 0.412 e. The lowest BCUT2D eigenvalue weighted by atomic mass is 10.2. The van der Waals surface area contributed by atoms with Gasteiger partial charge in [0, 0.05) is 5.75 Å². The first-order valence-electron chi connectivity index (χ1n) is 5.69. The van der Waals surface area contributed by atoms with Gasteiger partial charge in [0.1, 0.15) is 11.6 Å². The first-order valence-corrected chi connectivity index (χ1v) is 6.67. The predicted molar refractivity (Wildman–Crippen MR) is 68.3 cm³/mol. The molecule has 0 radical (unpaired) electrons. The van der Waals surface area contributed by atoms with Crippen LogP contribution < -0.4 is 5.48 Å². The smallest absolute Gasteiger partial charge is 0.412 e. The second-order valence-corrected chi connectivity index (χ2v) is 7.22. The molecule has 7 heteroatoms. The fraction of sp³-hybridized carbons (Fsp3) is 0.818. The molecule has 0 aliphatic carbocycles. The van der Waals surface area contributed by atoms with E-state index >= 15 is 0 Å². The summed E-state index contributed by atoms with van der Waals surface area (Å²) in [6.07, 6.45) is -0.550. The lowest BCUT2D eigenvalue weighted by Gasteiger charge is -2.35. The molecule has 1 fully saturated rings. The third-order valence-electron chi connectivity index (χ3n) is 2.49. The number of nitrogens with zero attached hydrogens (tertiary/aromatic N) is 1. The van der Waals surface area contributed by atoms with Crippen molar-refractivity contribution >= 4 is 23.8 Å². The van der Waals surface area contributed by atoms with E-state index in [4.69, 9.17) is 9.94 Å². The van der Waals surface area contributed by atoms with Crippen molar-refractivity contribution in [3.05, 3.63) is 0 Å². The van der Waals surface area contributed by atoms with Gasteiger partial charge in [-0.2, -0.15) is 0 Å². The van der Waals surface area contributed by atoms with Crippen molar-refractivity contribution in [3.63, 3.8) is 0 Å². The molecule has 1 rings (SSSR count). The summed E-state index contributed by atoms with van der Waals surface area (Å²) in [5.41, 5.74) is 0.966. The summed E-state index contributed by atoms with van der Waals surface area (Å²) in [6.45, 7) is 8.98. The van der Waals surface area contributed by atoms with Gasteiger partial charge in [0.2, 0.25) is 0 Å². The monoisotopic (exact) mass is 276 g/mol. The fourth-order valence-electron chi connectivity index (χ4n) is 1.73. The molecule has 18 heavy (non-hydrogen) atoms.